The van der Waals surface area contributed by atoms with E-state index in [1.165, 1.54) is 0 Å². The summed E-state index contributed by atoms with van der Waals surface area (Å²) in [5, 5.41) is 1.92. The van der Waals surface area contributed by atoms with Gasteiger partial charge in [-0.05, 0) is 61.8 Å². The number of hydrogen-bond donors (Lipinski definition) is 0. The van der Waals surface area contributed by atoms with Crippen LogP contribution in [0.3, 0.4) is 0 Å². The molecular weight excluding hydrogens is 399 g/mol. The van der Waals surface area contributed by atoms with Crippen LogP contribution in [0.5, 0.6) is 0 Å². The molecule has 0 spiro atoms. The summed E-state index contributed by atoms with van der Waals surface area (Å²) in [7, 11) is 4.01. The van der Waals surface area contributed by atoms with E-state index in [-0.39, 0.29) is 5.91 Å². The minimum atomic E-state index is 0.0602. The van der Waals surface area contributed by atoms with Gasteiger partial charge < -0.3 is 14.2 Å². The molecule has 0 atom stereocenters. The molecule has 0 saturated carbocycles. The van der Waals surface area contributed by atoms with Crippen molar-refractivity contribution in [3.8, 4) is 0 Å². The summed E-state index contributed by atoms with van der Waals surface area (Å²) in [6.07, 6.45) is 0. The molecule has 0 fully saturated rings. The molecule has 0 unspecified atom stereocenters. The standard InChI is InChI=1S/C15H19IN2O2S/c1-11-4-5-13(20-11)9-18(7-6-17(2)3)15(19)12-8-14(16)21-10-12/h4-5,8,10H,6-7,9H2,1-3H3. The first kappa shape index (κ1) is 16.5. The average Bonchev–Trinajstić information content (AvgIpc) is 3.02. The summed E-state index contributed by atoms with van der Waals surface area (Å²) in [6, 6.07) is 5.80. The van der Waals surface area contributed by atoms with Crippen LogP contribution < -0.4 is 0 Å². The third-order valence-electron chi connectivity index (χ3n) is 3.06. The Kier molecular flexibility index (Phi) is 5.83. The lowest BCUT2D eigenvalue weighted by Gasteiger charge is -2.23. The van der Waals surface area contributed by atoms with Crippen molar-refractivity contribution in [2.45, 2.75) is 13.5 Å². The van der Waals surface area contributed by atoms with E-state index in [0.717, 1.165) is 26.5 Å². The molecule has 0 aliphatic rings. The first-order chi connectivity index (χ1) is 9.95. The zero-order chi connectivity index (χ0) is 15.4. The lowest BCUT2D eigenvalue weighted by molar-refractivity contribution is 0.0720. The maximum absolute atomic E-state index is 12.7. The van der Waals surface area contributed by atoms with Gasteiger partial charge in [0.05, 0.1) is 15.0 Å². The van der Waals surface area contributed by atoms with E-state index < -0.39 is 0 Å². The number of carbonyl (C=O) groups excluding carboxylic acids is 1. The lowest BCUT2D eigenvalue weighted by atomic mass is 10.2. The summed E-state index contributed by atoms with van der Waals surface area (Å²) in [5.41, 5.74) is 0.756. The third-order valence-corrected chi connectivity index (χ3v) is 4.85. The maximum Gasteiger partial charge on any atom is 0.255 e. The van der Waals surface area contributed by atoms with Gasteiger partial charge >= 0.3 is 0 Å². The summed E-state index contributed by atoms with van der Waals surface area (Å²) in [4.78, 5) is 16.6. The second-order valence-corrected chi connectivity index (χ2v) is 7.99. The second kappa shape index (κ2) is 7.42. The van der Waals surface area contributed by atoms with E-state index in [1.807, 2.05) is 49.5 Å². The van der Waals surface area contributed by atoms with Crippen molar-refractivity contribution in [2.24, 2.45) is 0 Å². The lowest BCUT2D eigenvalue weighted by Crippen LogP contribution is -2.36. The van der Waals surface area contributed by atoms with Gasteiger partial charge in [-0.3, -0.25) is 4.79 Å². The number of hydrogen-bond acceptors (Lipinski definition) is 4. The molecule has 0 aliphatic heterocycles. The van der Waals surface area contributed by atoms with E-state index in [4.69, 9.17) is 4.42 Å². The summed E-state index contributed by atoms with van der Waals surface area (Å²) in [5.74, 6) is 1.75. The molecule has 6 heteroatoms. The highest BCUT2D eigenvalue weighted by Gasteiger charge is 2.18. The predicted molar refractivity (Wildman–Crippen MR) is 93.8 cm³/mol. The highest BCUT2D eigenvalue weighted by Crippen LogP contribution is 2.19. The van der Waals surface area contributed by atoms with E-state index in [1.54, 1.807) is 11.3 Å². The van der Waals surface area contributed by atoms with Gasteiger partial charge in [0.25, 0.3) is 5.91 Å². The van der Waals surface area contributed by atoms with Crippen molar-refractivity contribution in [2.75, 3.05) is 27.2 Å². The highest BCUT2D eigenvalue weighted by atomic mass is 127. The van der Waals surface area contributed by atoms with Gasteiger partial charge in [-0.25, -0.2) is 0 Å². The second-order valence-electron chi connectivity index (χ2n) is 5.18. The van der Waals surface area contributed by atoms with E-state index in [2.05, 4.69) is 27.5 Å². The zero-order valence-corrected chi connectivity index (χ0v) is 15.4. The van der Waals surface area contributed by atoms with Crippen LogP contribution >= 0.6 is 33.9 Å². The molecule has 0 N–H and O–H groups in total. The van der Waals surface area contributed by atoms with Crippen molar-refractivity contribution in [3.05, 3.63) is 43.5 Å². The molecule has 0 saturated heterocycles. The van der Waals surface area contributed by atoms with E-state index in [9.17, 15) is 4.79 Å². The molecule has 2 heterocycles. The van der Waals surface area contributed by atoms with Gasteiger partial charge in [0, 0.05) is 18.5 Å². The molecule has 2 aromatic heterocycles. The van der Waals surface area contributed by atoms with E-state index >= 15 is 0 Å². The largest absolute Gasteiger partial charge is 0.464 e. The number of furan rings is 1. The fraction of sp³-hybridized carbons (Fsp3) is 0.400. The number of aryl methyl sites for hydroxylation is 1. The van der Waals surface area contributed by atoms with E-state index in [0.29, 0.717) is 13.1 Å². The number of nitrogens with zero attached hydrogens (tertiary/aromatic N) is 2. The monoisotopic (exact) mass is 418 g/mol. The maximum atomic E-state index is 12.7. The fourth-order valence-corrected chi connectivity index (χ4v) is 3.26. The Labute approximate surface area is 142 Å². The number of likely N-dealkylation sites (N-methyl/N-ethyl adjacent to an activating group) is 1. The molecule has 4 nitrogen and oxygen atoms in total. The molecular formula is C15H19IN2O2S. The number of rotatable bonds is 6. The Morgan fingerprint density at radius 2 is 2.10 bits per heavy atom. The zero-order valence-electron chi connectivity index (χ0n) is 12.4. The summed E-state index contributed by atoms with van der Waals surface area (Å²) in [6.45, 7) is 3.92. The number of thiophene rings is 1. The quantitative estimate of drug-likeness (QED) is 0.675. The summed E-state index contributed by atoms with van der Waals surface area (Å²) < 4.78 is 6.73. The number of amides is 1. The van der Waals surface area contributed by atoms with Crippen molar-refractivity contribution >= 4 is 39.8 Å². The Morgan fingerprint density at radius 1 is 1.33 bits per heavy atom. The molecule has 2 aromatic rings. The molecule has 0 aromatic carbocycles. The Morgan fingerprint density at radius 3 is 2.62 bits per heavy atom. The first-order valence-corrected chi connectivity index (χ1v) is 8.65. The molecule has 1 amide bonds. The van der Waals surface area contributed by atoms with Crippen molar-refractivity contribution in [1.29, 1.82) is 0 Å². The number of carbonyl (C=O) groups is 1. The van der Waals surface area contributed by atoms with Gasteiger partial charge in [-0.15, -0.1) is 11.3 Å². The van der Waals surface area contributed by atoms with Crippen LogP contribution in [0.25, 0.3) is 0 Å². The van der Waals surface area contributed by atoms with Crippen LogP contribution in [0.2, 0.25) is 0 Å². The van der Waals surface area contributed by atoms with Gasteiger partial charge in [0.15, 0.2) is 0 Å². The van der Waals surface area contributed by atoms with Crippen molar-refractivity contribution in [1.82, 2.24) is 9.80 Å². The molecule has 21 heavy (non-hydrogen) atoms. The van der Waals surface area contributed by atoms with Crippen LogP contribution in [-0.2, 0) is 6.54 Å². The summed E-state index contributed by atoms with van der Waals surface area (Å²) >= 11 is 3.83. The van der Waals surface area contributed by atoms with Crippen molar-refractivity contribution in [3.63, 3.8) is 0 Å². The van der Waals surface area contributed by atoms with Gasteiger partial charge in [0.1, 0.15) is 11.5 Å². The van der Waals surface area contributed by atoms with Crippen molar-refractivity contribution < 1.29 is 9.21 Å². The Bertz CT molecular complexity index is 606. The topological polar surface area (TPSA) is 36.7 Å². The van der Waals surface area contributed by atoms with Crippen LogP contribution in [0.15, 0.2) is 28.0 Å². The van der Waals surface area contributed by atoms with Crippen LogP contribution in [0.4, 0.5) is 0 Å². The van der Waals surface area contributed by atoms with Crippen LogP contribution in [-0.4, -0.2) is 42.9 Å². The highest BCUT2D eigenvalue weighted by molar-refractivity contribution is 14.1. The predicted octanol–water partition coefficient (Wildman–Crippen LogP) is 3.46. The van der Waals surface area contributed by atoms with Crippen LogP contribution in [0.1, 0.15) is 21.9 Å². The molecule has 114 valence electrons. The van der Waals surface area contributed by atoms with Gasteiger partial charge in [-0.2, -0.15) is 0 Å². The van der Waals surface area contributed by atoms with Gasteiger partial charge in [0.2, 0.25) is 0 Å². The number of halogens is 1. The average molecular weight is 418 g/mol. The molecule has 0 radical (unpaired) electrons. The Balaban J connectivity index is 2.12. The Hall–Kier alpha value is -0.860. The van der Waals surface area contributed by atoms with Gasteiger partial charge in [-0.1, -0.05) is 0 Å². The smallest absolute Gasteiger partial charge is 0.255 e. The van der Waals surface area contributed by atoms with Crippen LogP contribution in [0, 0.1) is 9.81 Å². The minimum Gasteiger partial charge on any atom is -0.464 e. The first-order valence-electron chi connectivity index (χ1n) is 6.69. The fourth-order valence-electron chi connectivity index (χ4n) is 1.94. The third kappa shape index (κ3) is 4.82. The molecule has 0 aliphatic carbocycles. The molecule has 2 rings (SSSR count). The SMILES string of the molecule is Cc1ccc(CN(CCN(C)C)C(=O)c2csc(I)c2)o1. The molecule has 0 bridgehead atoms. The minimum absolute atomic E-state index is 0.0602. The normalized spacial score (nSPS) is 11.1.